The fourth-order valence-corrected chi connectivity index (χ4v) is 2.73. The zero-order valence-electron chi connectivity index (χ0n) is 16.7. The van der Waals surface area contributed by atoms with Crippen molar-refractivity contribution >= 4 is 5.96 Å². The van der Waals surface area contributed by atoms with Gasteiger partial charge in [0, 0.05) is 31.9 Å². The van der Waals surface area contributed by atoms with E-state index in [-0.39, 0.29) is 0 Å². The number of rotatable bonds is 9. The number of benzene rings is 1. The molecule has 27 heavy (non-hydrogen) atoms. The molecule has 0 saturated carbocycles. The second-order valence-corrected chi connectivity index (χ2v) is 6.22. The Bertz CT molecular complexity index is 716. The second-order valence-electron chi connectivity index (χ2n) is 6.22. The zero-order chi connectivity index (χ0) is 19.5. The van der Waals surface area contributed by atoms with Crippen molar-refractivity contribution in [1.82, 2.24) is 15.6 Å². The molecule has 2 N–H and O–H groups in total. The Kier molecular flexibility index (Phi) is 8.42. The Morgan fingerprint density at radius 1 is 1.19 bits per heavy atom. The van der Waals surface area contributed by atoms with Crippen LogP contribution in [-0.4, -0.2) is 38.3 Å². The molecule has 0 radical (unpaired) electrons. The molecule has 6 nitrogen and oxygen atoms in total. The highest BCUT2D eigenvalue weighted by Crippen LogP contribution is 2.21. The number of hydrogen-bond acceptors (Lipinski definition) is 4. The number of hydrogen-bond donors (Lipinski definition) is 2. The number of pyridine rings is 1. The van der Waals surface area contributed by atoms with Gasteiger partial charge in [0.25, 0.3) is 0 Å². The average molecular weight is 370 g/mol. The van der Waals surface area contributed by atoms with Crippen LogP contribution in [0, 0.1) is 0 Å². The molecule has 0 fully saturated rings. The third-order valence-electron chi connectivity index (χ3n) is 4.36. The molecular formula is C21H30N4O2. The normalized spacial score (nSPS) is 12.4. The van der Waals surface area contributed by atoms with Gasteiger partial charge in [-0.15, -0.1) is 0 Å². The quantitative estimate of drug-likeness (QED) is 0.523. The number of ether oxygens (including phenoxy) is 2. The zero-order valence-corrected chi connectivity index (χ0v) is 16.7. The van der Waals surface area contributed by atoms with Crippen LogP contribution >= 0.6 is 0 Å². The molecule has 0 bridgehead atoms. The highest BCUT2D eigenvalue weighted by Gasteiger charge is 2.08. The molecule has 0 aliphatic carbocycles. The van der Waals surface area contributed by atoms with Crippen molar-refractivity contribution in [2.75, 3.05) is 27.3 Å². The largest absolute Gasteiger partial charge is 0.497 e. The van der Waals surface area contributed by atoms with Crippen LogP contribution in [0.25, 0.3) is 0 Å². The SMILES string of the molecule is CCOc1ncccc1CNC(=NC)NCCC(C)c1ccc(OC)cc1. The van der Waals surface area contributed by atoms with E-state index in [0.717, 1.165) is 30.2 Å². The first-order chi connectivity index (χ1) is 13.2. The molecule has 2 rings (SSSR count). The van der Waals surface area contributed by atoms with E-state index >= 15 is 0 Å². The van der Waals surface area contributed by atoms with Crippen LogP contribution in [0.5, 0.6) is 11.6 Å². The lowest BCUT2D eigenvalue weighted by atomic mass is 9.98. The van der Waals surface area contributed by atoms with Gasteiger partial charge < -0.3 is 20.1 Å². The third-order valence-corrected chi connectivity index (χ3v) is 4.36. The summed E-state index contributed by atoms with van der Waals surface area (Å²) < 4.78 is 10.8. The van der Waals surface area contributed by atoms with Crippen molar-refractivity contribution in [2.45, 2.75) is 32.7 Å². The molecule has 1 heterocycles. The monoisotopic (exact) mass is 370 g/mol. The average Bonchev–Trinajstić information content (AvgIpc) is 2.71. The lowest BCUT2D eigenvalue weighted by Gasteiger charge is -2.16. The molecule has 0 aliphatic rings. The van der Waals surface area contributed by atoms with Crippen LogP contribution in [-0.2, 0) is 6.54 Å². The van der Waals surface area contributed by atoms with Crippen LogP contribution in [0.3, 0.4) is 0 Å². The molecule has 1 aromatic heterocycles. The number of methoxy groups -OCH3 is 1. The van der Waals surface area contributed by atoms with E-state index in [2.05, 4.69) is 39.7 Å². The second kappa shape index (κ2) is 11.1. The van der Waals surface area contributed by atoms with Gasteiger partial charge in [0.15, 0.2) is 5.96 Å². The van der Waals surface area contributed by atoms with Crippen LogP contribution < -0.4 is 20.1 Å². The van der Waals surface area contributed by atoms with E-state index < -0.39 is 0 Å². The molecule has 0 saturated heterocycles. The van der Waals surface area contributed by atoms with Crippen LogP contribution in [0.15, 0.2) is 47.6 Å². The molecule has 1 aromatic carbocycles. The van der Waals surface area contributed by atoms with Crippen molar-refractivity contribution in [1.29, 1.82) is 0 Å². The fraction of sp³-hybridized carbons (Fsp3) is 0.429. The summed E-state index contributed by atoms with van der Waals surface area (Å²) in [5.41, 5.74) is 2.31. The standard InChI is InChI=1S/C21H30N4O2/c1-5-27-20-18(7-6-13-23-20)15-25-21(22-3)24-14-12-16(2)17-8-10-19(26-4)11-9-17/h6-11,13,16H,5,12,14-15H2,1-4H3,(H2,22,24,25). The highest BCUT2D eigenvalue weighted by atomic mass is 16.5. The van der Waals surface area contributed by atoms with E-state index in [1.807, 2.05) is 31.2 Å². The maximum atomic E-state index is 5.56. The summed E-state index contributed by atoms with van der Waals surface area (Å²) in [6.07, 6.45) is 2.74. The Hall–Kier alpha value is -2.76. The predicted octanol–water partition coefficient (Wildman–Crippen LogP) is 3.35. The molecule has 6 heteroatoms. The first kappa shape index (κ1) is 20.6. The van der Waals surface area contributed by atoms with Gasteiger partial charge in [-0.05, 0) is 43.0 Å². The minimum Gasteiger partial charge on any atom is -0.497 e. The van der Waals surface area contributed by atoms with Gasteiger partial charge in [-0.3, -0.25) is 4.99 Å². The maximum Gasteiger partial charge on any atom is 0.218 e. The molecule has 0 amide bonds. The maximum absolute atomic E-state index is 5.56. The molecule has 146 valence electrons. The van der Waals surface area contributed by atoms with Gasteiger partial charge >= 0.3 is 0 Å². The van der Waals surface area contributed by atoms with Crippen molar-refractivity contribution in [3.05, 3.63) is 53.7 Å². The van der Waals surface area contributed by atoms with Crippen LogP contribution in [0.1, 0.15) is 37.3 Å². The summed E-state index contributed by atoms with van der Waals surface area (Å²) in [4.78, 5) is 8.56. The van der Waals surface area contributed by atoms with E-state index in [0.29, 0.717) is 24.9 Å². The summed E-state index contributed by atoms with van der Waals surface area (Å²) >= 11 is 0. The smallest absolute Gasteiger partial charge is 0.218 e. The first-order valence-electron chi connectivity index (χ1n) is 9.33. The molecule has 0 spiro atoms. The van der Waals surface area contributed by atoms with Crippen molar-refractivity contribution in [3.63, 3.8) is 0 Å². The van der Waals surface area contributed by atoms with Gasteiger partial charge in [0.2, 0.25) is 5.88 Å². The van der Waals surface area contributed by atoms with Gasteiger partial charge in [0.05, 0.1) is 13.7 Å². The molecule has 1 atom stereocenters. The van der Waals surface area contributed by atoms with E-state index in [9.17, 15) is 0 Å². The summed E-state index contributed by atoms with van der Waals surface area (Å²) in [5.74, 6) is 2.76. The van der Waals surface area contributed by atoms with Crippen LogP contribution in [0.4, 0.5) is 0 Å². The Balaban J connectivity index is 1.80. The van der Waals surface area contributed by atoms with Gasteiger partial charge in [-0.25, -0.2) is 4.98 Å². The highest BCUT2D eigenvalue weighted by molar-refractivity contribution is 5.79. The number of aliphatic imine (C=N–C) groups is 1. The first-order valence-corrected chi connectivity index (χ1v) is 9.33. The summed E-state index contributed by atoms with van der Waals surface area (Å²) in [7, 11) is 3.46. The van der Waals surface area contributed by atoms with E-state index in [4.69, 9.17) is 9.47 Å². The van der Waals surface area contributed by atoms with Gasteiger partial charge in [-0.1, -0.05) is 25.1 Å². The minimum atomic E-state index is 0.449. The molecule has 0 aliphatic heterocycles. The Morgan fingerprint density at radius 3 is 2.63 bits per heavy atom. The van der Waals surface area contributed by atoms with Gasteiger partial charge in [-0.2, -0.15) is 0 Å². The molecular weight excluding hydrogens is 340 g/mol. The fourth-order valence-electron chi connectivity index (χ4n) is 2.73. The summed E-state index contributed by atoms with van der Waals surface area (Å²) in [6.45, 7) is 6.22. The predicted molar refractivity (Wildman–Crippen MR) is 110 cm³/mol. The number of aromatic nitrogens is 1. The number of nitrogens with one attached hydrogen (secondary N) is 2. The van der Waals surface area contributed by atoms with Crippen LogP contribution in [0.2, 0.25) is 0 Å². The van der Waals surface area contributed by atoms with Gasteiger partial charge in [0.1, 0.15) is 5.75 Å². The summed E-state index contributed by atoms with van der Waals surface area (Å²) in [6, 6.07) is 12.2. The molecule has 2 aromatic rings. The lowest BCUT2D eigenvalue weighted by molar-refractivity contribution is 0.322. The number of guanidine groups is 1. The minimum absolute atomic E-state index is 0.449. The van der Waals surface area contributed by atoms with Crippen molar-refractivity contribution < 1.29 is 9.47 Å². The van der Waals surface area contributed by atoms with E-state index in [1.165, 1.54) is 5.56 Å². The topological polar surface area (TPSA) is 67.8 Å². The van der Waals surface area contributed by atoms with E-state index in [1.54, 1.807) is 20.4 Å². The molecule has 1 unspecified atom stereocenters. The summed E-state index contributed by atoms with van der Waals surface area (Å²) in [5, 5.41) is 6.68. The Labute approximate surface area is 162 Å². The van der Waals surface area contributed by atoms with Crippen molar-refractivity contribution in [2.24, 2.45) is 4.99 Å². The van der Waals surface area contributed by atoms with Crippen molar-refractivity contribution in [3.8, 4) is 11.6 Å². The number of nitrogens with zero attached hydrogens (tertiary/aromatic N) is 2. The third kappa shape index (κ3) is 6.47. The Morgan fingerprint density at radius 2 is 1.96 bits per heavy atom. The lowest BCUT2D eigenvalue weighted by Crippen LogP contribution is -2.37.